The molecule has 1 amide bonds. The molecule has 1 saturated heterocycles. The molecule has 1 aliphatic rings. The number of nitrogen functional groups attached to an aromatic ring is 1. The summed E-state index contributed by atoms with van der Waals surface area (Å²) in [5.74, 6) is -4.98. The van der Waals surface area contributed by atoms with Crippen LogP contribution in [-0.4, -0.2) is 29.7 Å². The largest absolute Gasteiger partial charge is 0.399 e. The third-order valence-electron chi connectivity index (χ3n) is 4.90. The monoisotopic (exact) mass is 412 g/mol. The van der Waals surface area contributed by atoms with E-state index in [0.29, 0.717) is 23.4 Å². The number of amides is 1. The molecule has 0 aromatic heterocycles. The van der Waals surface area contributed by atoms with Gasteiger partial charge in [0.2, 0.25) is 0 Å². The molecule has 0 spiro atoms. The van der Waals surface area contributed by atoms with E-state index in [1.807, 2.05) is 6.92 Å². The van der Waals surface area contributed by atoms with Crippen molar-refractivity contribution in [2.45, 2.75) is 19.8 Å². The number of hydrogen-bond donors (Lipinski definition) is 1. The zero-order valence-electron chi connectivity index (χ0n) is 15.2. The molecule has 4 nitrogen and oxygen atoms in total. The summed E-state index contributed by atoms with van der Waals surface area (Å²) in [6, 6.07) is 6.08. The van der Waals surface area contributed by atoms with Gasteiger partial charge in [-0.05, 0) is 37.5 Å². The van der Waals surface area contributed by atoms with Gasteiger partial charge in [0, 0.05) is 42.4 Å². The molecule has 0 atom stereocenters. The number of ketones is 1. The molecular formula is C20H20ClF3N2O2. The van der Waals surface area contributed by atoms with Gasteiger partial charge in [0.1, 0.15) is 17.5 Å². The van der Waals surface area contributed by atoms with Crippen molar-refractivity contribution >= 4 is 29.8 Å². The van der Waals surface area contributed by atoms with Gasteiger partial charge < -0.3 is 10.6 Å². The average Bonchev–Trinajstić information content (AvgIpc) is 2.62. The van der Waals surface area contributed by atoms with E-state index in [1.165, 1.54) is 0 Å². The molecule has 150 valence electrons. The SMILES string of the molecule is Cc1ccc(N)cc1C(=O)N1CCC(C(=O)c2c(F)cc(F)cc2F)CC1.Cl. The number of benzene rings is 2. The molecule has 1 fully saturated rings. The number of anilines is 1. The van der Waals surface area contributed by atoms with E-state index in [2.05, 4.69) is 0 Å². The molecule has 2 N–H and O–H groups in total. The Labute approximate surface area is 166 Å². The molecule has 8 heteroatoms. The highest BCUT2D eigenvalue weighted by Gasteiger charge is 2.31. The molecule has 3 rings (SSSR count). The third-order valence-corrected chi connectivity index (χ3v) is 4.90. The number of rotatable bonds is 3. The summed E-state index contributed by atoms with van der Waals surface area (Å²) in [4.78, 5) is 26.8. The van der Waals surface area contributed by atoms with Crippen molar-refractivity contribution in [2.75, 3.05) is 18.8 Å². The molecular weight excluding hydrogens is 393 g/mol. The Bertz CT molecular complexity index is 889. The van der Waals surface area contributed by atoms with E-state index in [1.54, 1.807) is 23.1 Å². The van der Waals surface area contributed by atoms with Crippen molar-refractivity contribution in [1.29, 1.82) is 0 Å². The third kappa shape index (κ3) is 4.30. The maximum absolute atomic E-state index is 13.8. The van der Waals surface area contributed by atoms with Crippen LogP contribution in [0.15, 0.2) is 30.3 Å². The van der Waals surface area contributed by atoms with Crippen LogP contribution in [0.4, 0.5) is 18.9 Å². The van der Waals surface area contributed by atoms with E-state index >= 15 is 0 Å². The Hall–Kier alpha value is -2.54. The van der Waals surface area contributed by atoms with Crippen molar-refractivity contribution in [3.63, 3.8) is 0 Å². The molecule has 28 heavy (non-hydrogen) atoms. The predicted molar refractivity (Wildman–Crippen MR) is 102 cm³/mol. The van der Waals surface area contributed by atoms with E-state index in [0.717, 1.165) is 5.56 Å². The van der Waals surface area contributed by atoms with Crippen LogP contribution in [0.2, 0.25) is 0 Å². The van der Waals surface area contributed by atoms with Crippen molar-refractivity contribution < 1.29 is 22.8 Å². The highest BCUT2D eigenvalue weighted by Crippen LogP contribution is 2.26. The van der Waals surface area contributed by atoms with Crippen LogP contribution < -0.4 is 5.73 Å². The molecule has 0 bridgehead atoms. The van der Waals surface area contributed by atoms with Crippen LogP contribution in [0.1, 0.15) is 39.1 Å². The van der Waals surface area contributed by atoms with E-state index in [4.69, 9.17) is 5.73 Å². The summed E-state index contributed by atoms with van der Waals surface area (Å²) < 4.78 is 40.7. The molecule has 0 radical (unpaired) electrons. The standard InChI is InChI=1S/C20H19F3N2O2.ClH/c1-11-2-3-14(24)10-15(11)20(27)25-6-4-12(5-7-25)19(26)18-16(22)8-13(21)9-17(18)23;/h2-3,8-10,12H,4-7,24H2,1H3;1H. The minimum absolute atomic E-state index is 0. The number of piperidine rings is 1. The first-order valence-corrected chi connectivity index (χ1v) is 8.62. The van der Waals surface area contributed by atoms with Crippen LogP contribution in [0.5, 0.6) is 0 Å². The van der Waals surface area contributed by atoms with Gasteiger partial charge in [0.15, 0.2) is 5.78 Å². The van der Waals surface area contributed by atoms with Gasteiger partial charge in [-0.3, -0.25) is 9.59 Å². The maximum Gasteiger partial charge on any atom is 0.254 e. The first kappa shape index (κ1) is 21.8. The summed E-state index contributed by atoms with van der Waals surface area (Å²) in [7, 11) is 0. The summed E-state index contributed by atoms with van der Waals surface area (Å²) in [5.41, 5.74) is 6.80. The zero-order chi connectivity index (χ0) is 19.7. The molecule has 1 heterocycles. The summed E-state index contributed by atoms with van der Waals surface area (Å²) >= 11 is 0. The van der Waals surface area contributed by atoms with E-state index in [-0.39, 0.29) is 44.2 Å². The summed E-state index contributed by atoms with van der Waals surface area (Å²) in [6.45, 7) is 2.38. The Kier molecular flexibility index (Phi) is 6.72. The number of Topliss-reactive ketones (excluding diaryl/α,β-unsaturated/α-hetero) is 1. The van der Waals surface area contributed by atoms with Crippen LogP contribution in [0, 0.1) is 30.3 Å². The number of halogens is 4. The highest BCUT2D eigenvalue weighted by atomic mass is 35.5. The average molecular weight is 413 g/mol. The molecule has 0 unspecified atom stereocenters. The quantitative estimate of drug-likeness (QED) is 0.608. The minimum atomic E-state index is -1.20. The number of nitrogens with two attached hydrogens (primary N) is 1. The fourth-order valence-electron chi connectivity index (χ4n) is 3.37. The van der Waals surface area contributed by atoms with Crippen LogP contribution in [-0.2, 0) is 0 Å². The van der Waals surface area contributed by atoms with Crippen molar-refractivity contribution in [3.8, 4) is 0 Å². The lowest BCUT2D eigenvalue weighted by molar-refractivity contribution is 0.0647. The molecule has 0 aliphatic carbocycles. The lowest BCUT2D eigenvalue weighted by Gasteiger charge is -2.32. The van der Waals surface area contributed by atoms with Crippen molar-refractivity contribution in [2.24, 2.45) is 5.92 Å². The summed E-state index contributed by atoms with van der Waals surface area (Å²) in [5, 5.41) is 0. The zero-order valence-corrected chi connectivity index (χ0v) is 16.0. The Morgan fingerprint density at radius 1 is 1.04 bits per heavy atom. The van der Waals surface area contributed by atoms with Gasteiger partial charge >= 0.3 is 0 Å². The van der Waals surface area contributed by atoms with Gasteiger partial charge in [-0.15, -0.1) is 12.4 Å². The fraction of sp³-hybridized carbons (Fsp3) is 0.300. The van der Waals surface area contributed by atoms with Crippen LogP contribution in [0.25, 0.3) is 0 Å². The minimum Gasteiger partial charge on any atom is -0.399 e. The van der Waals surface area contributed by atoms with Crippen molar-refractivity contribution in [3.05, 3.63) is 64.5 Å². The van der Waals surface area contributed by atoms with Crippen LogP contribution in [0.3, 0.4) is 0 Å². The summed E-state index contributed by atoms with van der Waals surface area (Å²) in [6.07, 6.45) is 0.560. The first-order chi connectivity index (χ1) is 12.8. The highest BCUT2D eigenvalue weighted by molar-refractivity contribution is 5.99. The lowest BCUT2D eigenvalue weighted by atomic mass is 9.88. The topological polar surface area (TPSA) is 63.4 Å². The number of nitrogens with zero attached hydrogens (tertiary/aromatic N) is 1. The van der Waals surface area contributed by atoms with Crippen LogP contribution >= 0.6 is 12.4 Å². The van der Waals surface area contributed by atoms with Gasteiger partial charge in [-0.2, -0.15) is 0 Å². The molecule has 2 aromatic carbocycles. The number of hydrogen-bond acceptors (Lipinski definition) is 3. The normalized spacial score (nSPS) is 14.5. The second-order valence-electron chi connectivity index (χ2n) is 6.75. The first-order valence-electron chi connectivity index (χ1n) is 8.62. The number of carbonyl (C=O) groups is 2. The lowest BCUT2D eigenvalue weighted by Crippen LogP contribution is -2.40. The second-order valence-corrected chi connectivity index (χ2v) is 6.75. The molecule has 1 aliphatic heterocycles. The number of carbonyl (C=O) groups excluding carboxylic acids is 2. The number of likely N-dealkylation sites (tertiary alicyclic amines) is 1. The maximum atomic E-state index is 13.8. The smallest absolute Gasteiger partial charge is 0.254 e. The van der Waals surface area contributed by atoms with E-state index in [9.17, 15) is 22.8 Å². The van der Waals surface area contributed by atoms with Gasteiger partial charge in [-0.1, -0.05) is 6.07 Å². The molecule has 0 saturated carbocycles. The van der Waals surface area contributed by atoms with Crippen molar-refractivity contribution in [1.82, 2.24) is 4.90 Å². The fourth-order valence-corrected chi connectivity index (χ4v) is 3.37. The van der Waals surface area contributed by atoms with Gasteiger partial charge in [-0.25, -0.2) is 13.2 Å². The Balaban J connectivity index is 0.00000280. The number of aryl methyl sites for hydroxylation is 1. The predicted octanol–water partition coefficient (Wildman–Crippen LogP) is 4.15. The molecule has 2 aromatic rings. The second kappa shape index (κ2) is 8.65. The van der Waals surface area contributed by atoms with Gasteiger partial charge in [0.25, 0.3) is 5.91 Å². The van der Waals surface area contributed by atoms with Gasteiger partial charge in [0.05, 0.1) is 5.56 Å². The Morgan fingerprint density at radius 2 is 1.61 bits per heavy atom. The Morgan fingerprint density at radius 3 is 2.18 bits per heavy atom. The van der Waals surface area contributed by atoms with E-state index < -0.39 is 34.7 Å².